The molecular weight excluding hydrogens is 304 g/mol. The molecule has 0 aliphatic carbocycles. The molecule has 0 unspecified atom stereocenters. The summed E-state index contributed by atoms with van der Waals surface area (Å²) in [5, 5.41) is 3.00. The topological polar surface area (TPSA) is 55.9 Å². The summed E-state index contributed by atoms with van der Waals surface area (Å²) < 4.78 is 0. The summed E-state index contributed by atoms with van der Waals surface area (Å²) in [4.78, 5) is 31.0. The number of hydrogen-bond acceptors (Lipinski definition) is 3. The Bertz CT molecular complexity index is 425. The van der Waals surface area contributed by atoms with Crippen LogP contribution in [0.2, 0.25) is 0 Å². The molecule has 0 saturated carbocycles. The van der Waals surface area contributed by atoms with Crippen LogP contribution < -0.4 is 5.32 Å². The molecule has 0 aromatic carbocycles. The van der Waals surface area contributed by atoms with Gasteiger partial charge in [0.25, 0.3) is 0 Å². The van der Waals surface area contributed by atoms with E-state index >= 15 is 0 Å². The van der Waals surface area contributed by atoms with Crippen molar-refractivity contribution in [1.82, 2.24) is 20.0 Å². The Hall–Kier alpha value is -1.30. The first kappa shape index (κ1) is 19.0. The molecule has 138 valence electrons. The van der Waals surface area contributed by atoms with Crippen LogP contribution in [0.25, 0.3) is 0 Å². The molecule has 2 heterocycles. The minimum Gasteiger partial charge on any atom is -0.353 e. The van der Waals surface area contributed by atoms with Crippen LogP contribution >= 0.6 is 0 Å². The Morgan fingerprint density at radius 3 is 2.21 bits per heavy atom. The van der Waals surface area contributed by atoms with Crippen molar-refractivity contribution in [3.63, 3.8) is 0 Å². The number of carbonyl (C=O) groups excluding carboxylic acids is 2. The number of nitrogens with one attached hydrogen (secondary N) is 1. The maximum atomic E-state index is 12.8. The second-order valence-electron chi connectivity index (χ2n) is 7.46. The molecule has 2 rings (SSSR count). The second-order valence-corrected chi connectivity index (χ2v) is 7.46. The molecule has 6 nitrogen and oxygen atoms in total. The first-order valence-corrected chi connectivity index (χ1v) is 9.51. The van der Waals surface area contributed by atoms with E-state index < -0.39 is 0 Å². The van der Waals surface area contributed by atoms with Gasteiger partial charge in [0.1, 0.15) is 0 Å². The lowest BCUT2D eigenvalue weighted by atomic mass is 9.98. The zero-order valence-corrected chi connectivity index (χ0v) is 15.8. The molecular formula is C18H34N4O2. The summed E-state index contributed by atoms with van der Waals surface area (Å²) in [7, 11) is 0. The predicted octanol–water partition coefficient (Wildman–Crippen LogP) is 1.90. The first-order chi connectivity index (χ1) is 11.4. The summed E-state index contributed by atoms with van der Waals surface area (Å²) in [6.07, 6.45) is 4.36. The maximum Gasteiger partial charge on any atom is 0.320 e. The fourth-order valence-electron chi connectivity index (χ4n) is 3.68. The molecule has 0 aromatic heterocycles. The van der Waals surface area contributed by atoms with Crippen molar-refractivity contribution in [2.75, 3.05) is 32.7 Å². The third-order valence-electron chi connectivity index (χ3n) is 5.44. The van der Waals surface area contributed by atoms with E-state index in [1.165, 1.54) is 6.42 Å². The zero-order valence-electron chi connectivity index (χ0n) is 15.8. The fourth-order valence-corrected chi connectivity index (χ4v) is 3.68. The molecule has 0 spiro atoms. The number of carbonyl (C=O) groups is 2. The van der Waals surface area contributed by atoms with Crippen LogP contribution in [0, 0.1) is 0 Å². The van der Waals surface area contributed by atoms with Crippen LogP contribution in [-0.2, 0) is 4.79 Å². The number of rotatable bonds is 4. The Morgan fingerprint density at radius 2 is 1.67 bits per heavy atom. The maximum absolute atomic E-state index is 12.8. The van der Waals surface area contributed by atoms with E-state index in [1.807, 2.05) is 11.8 Å². The van der Waals surface area contributed by atoms with Crippen molar-refractivity contribution in [2.45, 2.75) is 71.5 Å². The predicted molar refractivity (Wildman–Crippen MR) is 95.9 cm³/mol. The van der Waals surface area contributed by atoms with Gasteiger partial charge in [0.2, 0.25) is 5.91 Å². The van der Waals surface area contributed by atoms with Crippen LogP contribution in [0.1, 0.15) is 53.4 Å². The van der Waals surface area contributed by atoms with Crippen molar-refractivity contribution in [2.24, 2.45) is 0 Å². The van der Waals surface area contributed by atoms with Crippen molar-refractivity contribution in [3.05, 3.63) is 0 Å². The molecule has 2 aliphatic rings. The van der Waals surface area contributed by atoms with E-state index in [0.29, 0.717) is 31.7 Å². The minimum absolute atomic E-state index is 0.0856. The molecule has 2 saturated heterocycles. The Morgan fingerprint density at radius 1 is 1.08 bits per heavy atom. The Labute approximate surface area is 146 Å². The van der Waals surface area contributed by atoms with E-state index in [1.54, 1.807) is 0 Å². The summed E-state index contributed by atoms with van der Waals surface area (Å²) >= 11 is 0. The monoisotopic (exact) mass is 338 g/mol. The van der Waals surface area contributed by atoms with E-state index in [4.69, 9.17) is 0 Å². The first-order valence-electron chi connectivity index (χ1n) is 9.51. The highest BCUT2D eigenvalue weighted by atomic mass is 16.2. The van der Waals surface area contributed by atoms with Gasteiger partial charge in [0.15, 0.2) is 0 Å². The van der Waals surface area contributed by atoms with Crippen molar-refractivity contribution in [3.8, 4) is 0 Å². The van der Waals surface area contributed by atoms with E-state index in [-0.39, 0.29) is 18.0 Å². The number of hydrogen-bond donors (Lipinski definition) is 1. The Kier molecular flexibility index (Phi) is 6.90. The highest BCUT2D eigenvalue weighted by Gasteiger charge is 2.33. The smallest absolute Gasteiger partial charge is 0.320 e. The molecule has 3 amide bonds. The lowest BCUT2D eigenvalue weighted by Crippen LogP contribution is -2.58. The quantitative estimate of drug-likeness (QED) is 0.852. The molecule has 0 radical (unpaired) electrons. The molecule has 0 bridgehead atoms. The standard InChI is InChI=1S/C18H34N4O2/c1-5-14(2)19-17(23)13-20-9-11-21(12-10-20)18(24)22-15(3)7-6-8-16(22)4/h14-16H,5-13H2,1-4H3,(H,19,23)/t14-,15-,16-/m0/s1. The summed E-state index contributed by atoms with van der Waals surface area (Å²) in [5.41, 5.74) is 0. The SMILES string of the molecule is CC[C@H](C)NC(=O)CN1CCN(C(=O)N2[C@@H](C)CCC[C@@H]2C)CC1. The van der Waals surface area contributed by atoms with Crippen molar-refractivity contribution in [1.29, 1.82) is 0 Å². The minimum atomic E-state index is 0.0856. The van der Waals surface area contributed by atoms with Gasteiger partial charge in [-0.05, 0) is 46.5 Å². The molecule has 6 heteroatoms. The third kappa shape index (κ3) is 4.85. The van der Waals surface area contributed by atoms with Crippen LogP contribution in [-0.4, -0.2) is 77.5 Å². The number of amides is 3. The van der Waals surface area contributed by atoms with Crippen LogP contribution in [0.5, 0.6) is 0 Å². The number of urea groups is 1. The van der Waals surface area contributed by atoms with Crippen molar-refractivity contribution >= 4 is 11.9 Å². The lowest BCUT2D eigenvalue weighted by molar-refractivity contribution is -0.123. The van der Waals surface area contributed by atoms with Crippen LogP contribution in [0.4, 0.5) is 4.79 Å². The largest absolute Gasteiger partial charge is 0.353 e. The number of piperazine rings is 1. The van der Waals surface area contributed by atoms with Crippen LogP contribution in [0.3, 0.4) is 0 Å². The highest BCUT2D eigenvalue weighted by molar-refractivity contribution is 5.78. The third-order valence-corrected chi connectivity index (χ3v) is 5.44. The average Bonchev–Trinajstić information content (AvgIpc) is 2.55. The van der Waals surface area contributed by atoms with Gasteiger partial charge < -0.3 is 15.1 Å². The van der Waals surface area contributed by atoms with Gasteiger partial charge in [-0.15, -0.1) is 0 Å². The van der Waals surface area contributed by atoms with E-state index in [9.17, 15) is 9.59 Å². The van der Waals surface area contributed by atoms with Gasteiger partial charge in [0, 0.05) is 44.3 Å². The Balaban J connectivity index is 1.79. The zero-order chi connectivity index (χ0) is 17.7. The average molecular weight is 338 g/mol. The summed E-state index contributed by atoms with van der Waals surface area (Å²) in [6.45, 7) is 11.8. The molecule has 2 aliphatic heterocycles. The highest BCUT2D eigenvalue weighted by Crippen LogP contribution is 2.24. The summed E-state index contributed by atoms with van der Waals surface area (Å²) in [5.74, 6) is 0.0856. The van der Waals surface area contributed by atoms with Gasteiger partial charge in [-0.3, -0.25) is 9.69 Å². The normalized spacial score (nSPS) is 27.0. The fraction of sp³-hybridized carbons (Fsp3) is 0.889. The van der Waals surface area contributed by atoms with Crippen LogP contribution in [0.15, 0.2) is 0 Å². The van der Waals surface area contributed by atoms with Gasteiger partial charge in [-0.2, -0.15) is 0 Å². The van der Waals surface area contributed by atoms with Gasteiger partial charge in [-0.25, -0.2) is 4.79 Å². The van der Waals surface area contributed by atoms with Gasteiger partial charge >= 0.3 is 6.03 Å². The molecule has 24 heavy (non-hydrogen) atoms. The number of nitrogens with zero attached hydrogens (tertiary/aromatic N) is 3. The summed E-state index contributed by atoms with van der Waals surface area (Å²) in [6, 6.07) is 1.07. The second kappa shape index (κ2) is 8.70. The molecule has 1 N–H and O–H groups in total. The number of likely N-dealkylation sites (tertiary alicyclic amines) is 1. The molecule has 3 atom stereocenters. The van der Waals surface area contributed by atoms with Gasteiger partial charge in [-0.1, -0.05) is 6.92 Å². The number of piperidine rings is 1. The van der Waals surface area contributed by atoms with Gasteiger partial charge in [0.05, 0.1) is 6.54 Å². The lowest BCUT2D eigenvalue weighted by Gasteiger charge is -2.44. The molecule has 0 aromatic rings. The van der Waals surface area contributed by atoms with E-state index in [2.05, 4.69) is 35.9 Å². The van der Waals surface area contributed by atoms with Crippen molar-refractivity contribution < 1.29 is 9.59 Å². The molecule has 2 fully saturated rings. The van der Waals surface area contributed by atoms with E-state index in [0.717, 1.165) is 32.4 Å².